The van der Waals surface area contributed by atoms with E-state index in [1.165, 1.54) is 6.92 Å². The monoisotopic (exact) mass is 178 g/mol. The van der Waals surface area contributed by atoms with Crippen LogP contribution < -0.4 is 5.73 Å². The zero-order valence-corrected chi connectivity index (χ0v) is 6.52. The van der Waals surface area contributed by atoms with Crippen LogP contribution >= 0.6 is 0 Å². The number of allylic oxidation sites excluding steroid dienone is 2. The van der Waals surface area contributed by atoms with Gasteiger partial charge in [-0.2, -0.15) is 13.2 Å². The lowest BCUT2D eigenvalue weighted by Gasteiger charge is -2.05. The Bertz CT molecular complexity index is 225. The number of hydrogen-bond acceptors (Lipinski definition) is 2. The Hall–Kier alpha value is -1.26. The van der Waals surface area contributed by atoms with Gasteiger partial charge in [-0.1, -0.05) is 6.58 Å². The van der Waals surface area contributed by atoms with E-state index in [1.807, 2.05) is 0 Å². The first-order chi connectivity index (χ1) is 5.38. The Balaban J connectivity index is 4.80. The van der Waals surface area contributed by atoms with Crippen LogP contribution in [0.3, 0.4) is 0 Å². The largest absolute Gasteiger partial charge is 0.433 e. The van der Waals surface area contributed by atoms with Crippen LogP contribution in [0.4, 0.5) is 13.2 Å². The smallest absolute Gasteiger partial charge is 0.405 e. The van der Waals surface area contributed by atoms with Gasteiger partial charge in [0.15, 0.2) is 0 Å². The highest BCUT2D eigenvalue weighted by atomic mass is 19.4. The highest BCUT2D eigenvalue weighted by molar-refractivity contribution is 5.99. The van der Waals surface area contributed by atoms with Gasteiger partial charge in [-0.05, 0) is 19.2 Å². The molecule has 0 spiro atoms. The molecule has 0 amide bonds. The number of hydrogen-bond donors (Lipinski definition) is 1. The molecule has 0 aliphatic rings. The van der Waals surface area contributed by atoms with E-state index in [1.54, 1.807) is 0 Å². The van der Waals surface area contributed by atoms with E-state index in [0.29, 0.717) is 6.08 Å². The van der Waals surface area contributed by atoms with E-state index >= 15 is 0 Å². The number of alkyl halides is 3. The average molecular weight is 178 g/mol. The Labute approximate surface area is 68.3 Å². The van der Waals surface area contributed by atoms with E-state index in [2.05, 4.69) is 11.6 Å². The van der Waals surface area contributed by atoms with Crippen molar-refractivity contribution in [3.63, 3.8) is 0 Å². The van der Waals surface area contributed by atoms with Gasteiger partial charge in [0.2, 0.25) is 0 Å². The maximum absolute atomic E-state index is 12.0. The molecule has 2 N–H and O–H groups in total. The molecule has 0 saturated heterocycles. The lowest BCUT2D eigenvalue weighted by molar-refractivity contribution is -0.0577. The molecule has 0 rings (SSSR count). The van der Waals surface area contributed by atoms with Crippen molar-refractivity contribution in [1.29, 1.82) is 0 Å². The van der Waals surface area contributed by atoms with Crippen LogP contribution in [-0.2, 0) is 0 Å². The lowest BCUT2D eigenvalue weighted by Crippen LogP contribution is -2.21. The summed E-state index contributed by atoms with van der Waals surface area (Å²) in [7, 11) is 0. The highest BCUT2D eigenvalue weighted by Crippen LogP contribution is 2.19. The number of nitrogens with two attached hydrogens (primary N) is 1. The van der Waals surface area contributed by atoms with Crippen LogP contribution in [-0.4, -0.2) is 11.9 Å². The quantitative estimate of drug-likeness (QED) is 0.645. The normalized spacial score (nSPS) is 13.8. The van der Waals surface area contributed by atoms with Gasteiger partial charge in [-0.25, -0.2) is 4.99 Å². The molecule has 12 heavy (non-hydrogen) atoms. The van der Waals surface area contributed by atoms with Crippen molar-refractivity contribution in [2.75, 3.05) is 0 Å². The molecule has 0 unspecified atom stereocenters. The first-order valence-electron chi connectivity index (χ1n) is 3.07. The van der Waals surface area contributed by atoms with E-state index in [9.17, 15) is 13.2 Å². The van der Waals surface area contributed by atoms with Crippen molar-refractivity contribution >= 4 is 5.71 Å². The van der Waals surface area contributed by atoms with Gasteiger partial charge in [0.25, 0.3) is 0 Å². The van der Waals surface area contributed by atoms with Gasteiger partial charge in [0, 0.05) is 5.70 Å². The zero-order valence-electron chi connectivity index (χ0n) is 6.52. The van der Waals surface area contributed by atoms with Gasteiger partial charge in [0.05, 0.1) is 0 Å². The van der Waals surface area contributed by atoms with Crippen LogP contribution in [0.25, 0.3) is 0 Å². The SMILES string of the molecule is C=C(C)/N=C(\C=C/N)C(F)(F)F. The molecule has 0 aliphatic heterocycles. The Morgan fingerprint density at radius 2 is 2.00 bits per heavy atom. The van der Waals surface area contributed by atoms with Crippen molar-refractivity contribution in [2.24, 2.45) is 10.7 Å². The molecular formula is C7H9F3N2. The minimum atomic E-state index is -4.48. The minimum absolute atomic E-state index is 0.0837. The topological polar surface area (TPSA) is 38.4 Å². The van der Waals surface area contributed by atoms with Crippen LogP contribution in [0.15, 0.2) is 29.5 Å². The summed E-state index contributed by atoms with van der Waals surface area (Å²) in [5, 5.41) is 0. The lowest BCUT2D eigenvalue weighted by atomic mass is 10.3. The van der Waals surface area contributed by atoms with Gasteiger partial charge < -0.3 is 5.73 Å². The summed E-state index contributed by atoms with van der Waals surface area (Å²) in [6.07, 6.45) is -3.00. The minimum Gasteiger partial charge on any atom is -0.405 e. The van der Waals surface area contributed by atoms with Crippen molar-refractivity contribution in [3.8, 4) is 0 Å². The molecule has 0 aromatic rings. The summed E-state index contributed by atoms with van der Waals surface area (Å²) >= 11 is 0. The average Bonchev–Trinajstić information content (AvgIpc) is 1.83. The number of aliphatic imine (C=N–C) groups is 1. The van der Waals surface area contributed by atoms with Crippen molar-refractivity contribution in [2.45, 2.75) is 13.1 Å². The van der Waals surface area contributed by atoms with Gasteiger partial charge in [-0.3, -0.25) is 0 Å². The third-order valence-corrected chi connectivity index (χ3v) is 0.856. The molecule has 0 bridgehead atoms. The van der Waals surface area contributed by atoms with Crippen LogP contribution in [0, 0.1) is 0 Å². The van der Waals surface area contributed by atoms with E-state index < -0.39 is 11.9 Å². The molecule has 68 valence electrons. The molecule has 0 aliphatic carbocycles. The van der Waals surface area contributed by atoms with E-state index in [-0.39, 0.29) is 5.70 Å². The van der Waals surface area contributed by atoms with Crippen molar-refractivity contribution in [3.05, 3.63) is 24.6 Å². The van der Waals surface area contributed by atoms with Gasteiger partial charge in [0.1, 0.15) is 5.71 Å². The number of nitrogens with zero attached hydrogens (tertiary/aromatic N) is 1. The van der Waals surface area contributed by atoms with Crippen LogP contribution in [0.2, 0.25) is 0 Å². The Morgan fingerprint density at radius 1 is 1.50 bits per heavy atom. The third kappa shape index (κ3) is 3.80. The molecule has 0 heterocycles. The first-order valence-corrected chi connectivity index (χ1v) is 3.07. The van der Waals surface area contributed by atoms with E-state index in [4.69, 9.17) is 5.73 Å². The standard InChI is InChI=1S/C7H9F3N2/c1-5(2)12-6(3-4-11)7(8,9)10/h3-4H,1,11H2,2H3/b4-3-,12-6+. The fourth-order valence-corrected chi connectivity index (χ4v) is 0.492. The summed E-state index contributed by atoms with van der Waals surface area (Å²) in [5.41, 5.74) is 3.85. The maximum atomic E-state index is 12.0. The molecular weight excluding hydrogens is 169 g/mol. The summed E-state index contributed by atoms with van der Waals surface area (Å²) in [4.78, 5) is 3.17. The Kier molecular flexibility index (Phi) is 3.53. The third-order valence-electron chi connectivity index (χ3n) is 0.856. The molecule has 2 nitrogen and oxygen atoms in total. The second-order valence-electron chi connectivity index (χ2n) is 2.09. The molecule has 0 saturated carbocycles. The molecule has 0 radical (unpaired) electrons. The van der Waals surface area contributed by atoms with Gasteiger partial charge >= 0.3 is 6.18 Å². The molecule has 0 atom stereocenters. The highest BCUT2D eigenvalue weighted by Gasteiger charge is 2.33. The van der Waals surface area contributed by atoms with Crippen LogP contribution in [0.1, 0.15) is 6.92 Å². The van der Waals surface area contributed by atoms with Crippen LogP contribution in [0.5, 0.6) is 0 Å². The predicted octanol–water partition coefficient (Wildman–Crippen LogP) is 2.00. The predicted molar refractivity (Wildman–Crippen MR) is 41.6 cm³/mol. The summed E-state index contributed by atoms with van der Waals surface area (Å²) in [6.45, 7) is 4.60. The second-order valence-corrected chi connectivity index (χ2v) is 2.09. The van der Waals surface area contributed by atoms with Gasteiger partial charge in [-0.15, -0.1) is 0 Å². The summed E-state index contributed by atoms with van der Waals surface area (Å²) in [6, 6.07) is 0. The van der Waals surface area contributed by atoms with Crippen molar-refractivity contribution < 1.29 is 13.2 Å². The fourth-order valence-electron chi connectivity index (χ4n) is 0.492. The molecule has 0 aromatic carbocycles. The second kappa shape index (κ2) is 3.94. The van der Waals surface area contributed by atoms with Crippen molar-refractivity contribution in [1.82, 2.24) is 0 Å². The number of rotatable bonds is 2. The molecule has 5 heteroatoms. The van der Waals surface area contributed by atoms with E-state index in [0.717, 1.165) is 6.20 Å². The molecule has 0 fully saturated rings. The molecule has 0 aromatic heterocycles. The zero-order chi connectivity index (χ0) is 9.78. The summed E-state index contributed by atoms with van der Waals surface area (Å²) in [5.74, 6) is 0. The number of halogens is 3. The Morgan fingerprint density at radius 3 is 2.25 bits per heavy atom. The first kappa shape index (κ1) is 10.7. The maximum Gasteiger partial charge on any atom is 0.433 e. The fraction of sp³-hybridized carbons (Fsp3) is 0.286. The summed E-state index contributed by atoms with van der Waals surface area (Å²) < 4.78 is 36.0.